The van der Waals surface area contributed by atoms with E-state index in [1.807, 2.05) is 6.92 Å². The Morgan fingerprint density at radius 1 is 1.30 bits per heavy atom. The van der Waals surface area contributed by atoms with Gasteiger partial charge >= 0.3 is 0 Å². The number of nitrogens with zero attached hydrogens (tertiary/aromatic N) is 2. The maximum atomic E-state index is 12.4. The highest BCUT2D eigenvalue weighted by Gasteiger charge is 2.35. The van der Waals surface area contributed by atoms with Crippen LogP contribution in [0.4, 0.5) is 0 Å². The highest BCUT2D eigenvalue weighted by Crippen LogP contribution is 2.15. The zero-order chi connectivity index (χ0) is 16.2. The fourth-order valence-corrected chi connectivity index (χ4v) is 3.11. The van der Waals surface area contributed by atoms with Gasteiger partial charge < -0.3 is 19.4 Å². The highest BCUT2D eigenvalue weighted by atomic mass is 16.5. The van der Waals surface area contributed by atoms with Crippen molar-refractivity contribution in [3.05, 3.63) is 34.2 Å². The highest BCUT2D eigenvalue weighted by molar-refractivity contribution is 5.94. The summed E-state index contributed by atoms with van der Waals surface area (Å²) in [7, 11) is 0. The number of ether oxygens (including phenoxy) is 2. The van der Waals surface area contributed by atoms with Crippen LogP contribution < -0.4 is 10.9 Å². The van der Waals surface area contributed by atoms with Crippen LogP contribution in [0.15, 0.2) is 23.1 Å². The van der Waals surface area contributed by atoms with Crippen molar-refractivity contribution >= 4 is 5.91 Å². The van der Waals surface area contributed by atoms with Crippen LogP contribution in [0.5, 0.6) is 0 Å². The molecule has 3 rings (SSSR count). The molecule has 0 radical (unpaired) electrons. The van der Waals surface area contributed by atoms with Crippen LogP contribution in [0.3, 0.4) is 0 Å². The lowest BCUT2D eigenvalue weighted by atomic mass is 10.1. The summed E-state index contributed by atoms with van der Waals surface area (Å²) in [5, 5.41) is 3.01. The number of nitrogens with one attached hydrogen (secondary N) is 1. The molecule has 1 N–H and O–H groups in total. The largest absolute Gasteiger partial charge is 0.379 e. The van der Waals surface area contributed by atoms with Gasteiger partial charge in [0.1, 0.15) is 0 Å². The van der Waals surface area contributed by atoms with Gasteiger partial charge in [-0.15, -0.1) is 0 Å². The number of morpholine rings is 1. The second-order valence-corrected chi connectivity index (χ2v) is 5.87. The number of hydrogen-bond donors (Lipinski definition) is 1. The SMILES string of the molecule is CCn1ccc(C(=O)N[C@H]2COC[C@@H]2N2CCOCC2)cc1=O. The Morgan fingerprint density at radius 2 is 2.09 bits per heavy atom. The molecule has 2 atom stereocenters. The number of aromatic nitrogens is 1. The average molecular weight is 321 g/mol. The molecule has 1 aromatic rings. The van der Waals surface area contributed by atoms with Crippen LogP contribution in [0.25, 0.3) is 0 Å². The Morgan fingerprint density at radius 3 is 2.78 bits per heavy atom. The number of hydrogen-bond acceptors (Lipinski definition) is 5. The second kappa shape index (κ2) is 7.25. The molecule has 1 aromatic heterocycles. The minimum Gasteiger partial charge on any atom is -0.379 e. The summed E-state index contributed by atoms with van der Waals surface area (Å²) in [4.78, 5) is 26.6. The van der Waals surface area contributed by atoms with Gasteiger partial charge in [-0.2, -0.15) is 0 Å². The van der Waals surface area contributed by atoms with E-state index in [0.29, 0.717) is 38.5 Å². The molecule has 7 heteroatoms. The summed E-state index contributed by atoms with van der Waals surface area (Å²) in [5.41, 5.74) is 0.236. The van der Waals surface area contributed by atoms with Crippen LogP contribution in [0.1, 0.15) is 17.3 Å². The Balaban J connectivity index is 1.66. The number of pyridine rings is 1. The number of amides is 1. The fraction of sp³-hybridized carbons (Fsp3) is 0.625. The van der Waals surface area contributed by atoms with Crippen molar-refractivity contribution < 1.29 is 14.3 Å². The van der Waals surface area contributed by atoms with Crippen molar-refractivity contribution in [2.24, 2.45) is 0 Å². The molecule has 0 saturated carbocycles. The zero-order valence-electron chi connectivity index (χ0n) is 13.4. The molecule has 126 valence electrons. The van der Waals surface area contributed by atoms with E-state index in [1.54, 1.807) is 16.8 Å². The van der Waals surface area contributed by atoms with Gasteiger partial charge in [0.2, 0.25) is 0 Å². The van der Waals surface area contributed by atoms with Crippen molar-refractivity contribution in [2.45, 2.75) is 25.6 Å². The van der Waals surface area contributed by atoms with Crippen LogP contribution in [0.2, 0.25) is 0 Å². The molecule has 0 spiro atoms. The first kappa shape index (κ1) is 16.2. The van der Waals surface area contributed by atoms with E-state index in [0.717, 1.165) is 13.1 Å². The van der Waals surface area contributed by atoms with Gasteiger partial charge in [0.25, 0.3) is 11.5 Å². The third-order valence-corrected chi connectivity index (χ3v) is 4.48. The monoisotopic (exact) mass is 321 g/mol. The van der Waals surface area contributed by atoms with Gasteiger partial charge in [0.15, 0.2) is 0 Å². The minimum absolute atomic E-state index is 0.0609. The van der Waals surface area contributed by atoms with Gasteiger partial charge in [-0.3, -0.25) is 14.5 Å². The van der Waals surface area contributed by atoms with E-state index in [2.05, 4.69) is 10.2 Å². The van der Waals surface area contributed by atoms with Crippen LogP contribution in [-0.2, 0) is 16.0 Å². The van der Waals surface area contributed by atoms with Crippen LogP contribution in [0, 0.1) is 0 Å². The van der Waals surface area contributed by atoms with E-state index in [1.165, 1.54) is 6.07 Å². The summed E-state index contributed by atoms with van der Waals surface area (Å²) in [6, 6.07) is 3.17. The minimum atomic E-state index is -0.223. The van der Waals surface area contributed by atoms with Crippen molar-refractivity contribution in [1.29, 1.82) is 0 Å². The maximum Gasteiger partial charge on any atom is 0.251 e. The second-order valence-electron chi connectivity index (χ2n) is 5.87. The first-order chi connectivity index (χ1) is 11.2. The van der Waals surface area contributed by atoms with E-state index in [4.69, 9.17) is 9.47 Å². The molecule has 23 heavy (non-hydrogen) atoms. The first-order valence-corrected chi connectivity index (χ1v) is 8.10. The summed E-state index contributed by atoms with van der Waals surface area (Å²) < 4.78 is 12.5. The molecule has 1 amide bonds. The molecule has 0 aromatic carbocycles. The van der Waals surface area contributed by atoms with E-state index in [9.17, 15) is 9.59 Å². The van der Waals surface area contributed by atoms with E-state index >= 15 is 0 Å². The molecular weight excluding hydrogens is 298 g/mol. The number of carbonyl (C=O) groups excluding carboxylic acids is 1. The van der Waals surface area contributed by atoms with Gasteiger partial charge in [-0.05, 0) is 13.0 Å². The molecular formula is C16H23N3O4. The van der Waals surface area contributed by atoms with Crippen LogP contribution in [-0.4, -0.2) is 67.0 Å². The summed E-state index contributed by atoms with van der Waals surface area (Å²) in [5.74, 6) is -0.223. The third-order valence-electron chi connectivity index (χ3n) is 4.48. The third kappa shape index (κ3) is 3.63. The lowest BCUT2D eigenvalue weighted by molar-refractivity contribution is 0.0108. The molecule has 2 aliphatic heterocycles. The lowest BCUT2D eigenvalue weighted by Gasteiger charge is -2.34. The average Bonchev–Trinajstić information content (AvgIpc) is 3.03. The standard InChI is InChI=1S/C16H23N3O4/c1-2-18-4-3-12(9-15(18)20)16(21)17-13-10-23-11-14(13)19-5-7-22-8-6-19/h3-4,9,13-14H,2,5-8,10-11H2,1H3,(H,17,21)/t13-,14-/m0/s1. The Kier molecular flexibility index (Phi) is 5.09. The molecule has 7 nitrogen and oxygen atoms in total. The molecule has 0 bridgehead atoms. The van der Waals surface area contributed by atoms with Crippen molar-refractivity contribution in [3.8, 4) is 0 Å². The van der Waals surface area contributed by atoms with Crippen molar-refractivity contribution in [3.63, 3.8) is 0 Å². The number of aryl methyl sites for hydroxylation is 1. The summed E-state index contributed by atoms with van der Waals surface area (Å²) in [6.07, 6.45) is 1.65. The summed E-state index contributed by atoms with van der Waals surface area (Å²) in [6.45, 7) is 6.74. The van der Waals surface area contributed by atoms with Crippen molar-refractivity contribution in [1.82, 2.24) is 14.8 Å². The van der Waals surface area contributed by atoms with E-state index < -0.39 is 0 Å². The van der Waals surface area contributed by atoms with Gasteiger partial charge in [-0.1, -0.05) is 0 Å². The smallest absolute Gasteiger partial charge is 0.251 e. The summed E-state index contributed by atoms with van der Waals surface area (Å²) >= 11 is 0. The van der Waals surface area contributed by atoms with Crippen LogP contribution >= 0.6 is 0 Å². The normalized spacial score (nSPS) is 25.4. The van der Waals surface area contributed by atoms with Crippen molar-refractivity contribution in [2.75, 3.05) is 39.5 Å². The Bertz CT molecular complexity index is 610. The van der Waals surface area contributed by atoms with Gasteiger partial charge in [0.05, 0.1) is 38.5 Å². The molecule has 2 saturated heterocycles. The quantitative estimate of drug-likeness (QED) is 0.824. The molecule has 3 heterocycles. The fourth-order valence-electron chi connectivity index (χ4n) is 3.11. The lowest BCUT2D eigenvalue weighted by Crippen LogP contribution is -2.54. The zero-order valence-corrected chi connectivity index (χ0v) is 13.4. The Labute approximate surface area is 135 Å². The maximum absolute atomic E-state index is 12.4. The first-order valence-electron chi connectivity index (χ1n) is 8.10. The molecule has 2 aliphatic rings. The Hall–Kier alpha value is -1.70. The number of rotatable bonds is 4. The molecule has 0 unspecified atom stereocenters. The van der Waals surface area contributed by atoms with Gasteiger partial charge in [0, 0.05) is 37.5 Å². The molecule has 0 aliphatic carbocycles. The number of carbonyl (C=O) groups is 1. The topological polar surface area (TPSA) is 72.8 Å². The van der Waals surface area contributed by atoms with Gasteiger partial charge in [-0.25, -0.2) is 0 Å². The van der Waals surface area contributed by atoms with E-state index in [-0.39, 0.29) is 23.6 Å². The predicted octanol–water partition coefficient (Wildman–Crippen LogP) is -0.302. The predicted molar refractivity (Wildman–Crippen MR) is 84.6 cm³/mol. The molecule has 2 fully saturated rings.